The second kappa shape index (κ2) is 7.46. The first kappa shape index (κ1) is 17.0. The monoisotopic (exact) mass is 347 g/mol. The van der Waals surface area contributed by atoms with Gasteiger partial charge in [0, 0.05) is 31.6 Å². The Morgan fingerprint density at radius 1 is 1.00 bits per heavy atom. The predicted octanol–water partition coefficient (Wildman–Crippen LogP) is 4.46. The quantitative estimate of drug-likeness (QED) is 0.821. The number of Topliss-reactive ketones (excluding diaryl/α,β-unsaturated/α-hetero) is 1. The summed E-state index contributed by atoms with van der Waals surface area (Å²) in [5.74, 6) is 1.25. The van der Waals surface area contributed by atoms with Gasteiger partial charge in [-0.2, -0.15) is 0 Å². The lowest BCUT2D eigenvalue weighted by atomic mass is 9.86. The first-order valence-electron chi connectivity index (χ1n) is 9.46. The molecule has 0 unspecified atom stereocenters. The second-order valence-electron chi connectivity index (χ2n) is 7.21. The van der Waals surface area contributed by atoms with Crippen LogP contribution in [0.15, 0.2) is 54.1 Å². The highest BCUT2D eigenvalue weighted by molar-refractivity contribution is 5.87. The van der Waals surface area contributed by atoms with Crippen molar-refractivity contribution in [2.75, 3.05) is 19.6 Å². The van der Waals surface area contributed by atoms with Crippen molar-refractivity contribution < 1.29 is 9.53 Å². The number of carbonyl (C=O) groups is 1. The molecule has 2 aromatic rings. The normalized spacial score (nSPS) is 17.1. The third kappa shape index (κ3) is 3.45. The molecule has 0 amide bonds. The highest BCUT2D eigenvalue weighted by Gasteiger charge is 2.24. The fourth-order valence-electron chi connectivity index (χ4n) is 3.98. The number of likely N-dealkylation sites (tertiary alicyclic amines) is 1. The molecule has 0 bridgehead atoms. The molecule has 2 aromatic carbocycles. The number of rotatable bonds is 3. The van der Waals surface area contributed by atoms with Crippen LogP contribution < -0.4 is 4.74 Å². The van der Waals surface area contributed by atoms with Crippen molar-refractivity contribution in [1.29, 1.82) is 0 Å². The fourth-order valence-corrected chi connectivity index (χ4v) is 3.98. The van der Waals surface area contributed by atoms with Crippen molar-refractivity contribution in [3.63, 3.8) is 0 Å². The molecule has 0 aromatic heterocycles. The van der Waals surface area contributed by atoms with E-state index >= 15 is 0 Å². The summed E-state index contributed by atoms with van der Waals surface area (Å²) < 4.78 is 6.10. The lowest BCUT2D eigenvalue weighted by Crippen LogP contribution is -2.32. The molecule has 3 heteroatoms. The Hall–Kier alpha value is -2.39. The number of piperidine rings is 1. The van der Waals surface area contributed by atoms with Gasteiger partial charge in [-0.15, -0.1) is 0 Å². The van der Waals surface area contributed by atoms with Crippen LogP contribution in [-0.2, 0) is 11.4 Å². The summed E-state index contributed by atoms with van der Waals surface area (Å²) in [5.41, 5.74) is 6.65. The molecule has 2 aliphatic heterocycles. The minimum absolute atomic E-state index is 0.276. The van der Waals surface area contributed by atoms with Crippen LogP contribution in [0.1, 0.15) is 42.9 Å². The molecule has 3 nitrogen and oxygen atoms in total. The van der Waals surface area contributed by atoms with Gasteiger partial charge in [0.15, 0.2) is 0 Å². The molecule has 0 saturated carbocycles. The van der Waals surface area contributed by atoms with Crippen LogP contribution in [-0.4, -0.2) is 30.3 Å². The molecule has 0 atom stereocenters. The molecule has 0 radical (unpaired) electrons. The van der Waals surface area contributed by atoms with Gasteiger partial charge in [0.05, 0.1) is 0 Å². The zero-order valence-corrected chi connectivity index (χ0v) is 15.3. The van der Waals surface area contributed by atoms with E-state index in [2.05, 4.69) is 47.4 Å². The van der Waals surface area contributed by atoms with Gasteiger partial charge < -0.3 is 9.64 Å². The van der Waals surface area contributed by atoms with Crippen molar-refractivity contribution in [1.82, 2.24) is 4.90 Å². The maximum atomic E-state index is 11.3. The average Bonchev–Trinajstić information content (AvgIpc) is 2.84. The molecule has 0 aliphatic carbocycles. The molecule has 1 saturated heterocycles. The van der Waals surface area contributed by atoms with Crippen molar-refractivity contribution in [3.8, 4) is 5.75 Å². The van der Waals surface area contributed by atoms with E-state index in [0.29, 0.717) is 13.0 Å². The van der Waals surface area contributed by atoms with Crippen molar-refractivity contribution in [3.05, 3.63) is 70.8 Å². The Morgan fingerprint density at radius 2 is 1.69 bits per heavy atom. The van der Waals surface area contributed by atoms with E-state index < -0.39 is 0 Å². The summed E-state index contributed by atoms with van der Waals surface area (Å²) in [4.78, 5) is 13.7. The maximum Gasteiger partial charge on any atom is 0.131 e. The van der Waals surface area contributed by atoms with Gasteiger partial charge in [-0.25, -0.2) is 0 Å². The van der Waals surface area contributed by atoms with Crippen LogP contribution in [0.25, 0.3) is 5.57 Å². The molecule has 2 aliphatic rings. The van der Waals surface area contributed by atoms with Gasteiger partial charge in [0.1, 0.15) is 18.1 Å². The van der Waals surface area contributed by atoms with E-state index in [1.807, 2.05) is 6.07 Å². The van der Waals surface area contributed by atoms with Crippen molar-refractivity contribution >= 4 is 11.4 Å². The summed E-state index contributed by atoms with van der Waals surface area (Å²) >= 11 is 0. The van der Waals surface area contributed by atoms with Crippen molar-refractivity contribution in [2.24, 2.45) is 0 Å². The Kier molecular flexibility index (Phi) is 4.89. The number of hydrogen-bond donors (Lipinski definition) is 0. The first-order chi connectivity index (χ1) is 12.7. The number of ketones is 1. The molecule has 2 heterocycles. The summed E-state index contributed by atoms with van der Waals surface area (Å²) in [5, 5.41) is 0. The first-order valence-corrected chi connectivity index (χ1v) is 9.46. The number of carbonyl (C=O) groups excluding carboxylic acids is 1. The van der Waals surface area contributed by atoms with Gasteiger partial charge in [-0.05, 0) is 42.5 Å². The number of benzene rings is 2. The van der Waals surface area contributed by atoms with E-state index in [-0.39, 0.29) is 5.78 Å². The van der Waals surface area contributed by atoms with E-state index in [1.165, 1.54) is 27.8 Å². The third-order valence-electron chi connectivity index (χ3n) is 5.42. The number of nitrogens with zero attached hydrogens (tertiary/aromatic N) is 1. The fraction of sp³-hybridized carbons (Fsp3) is 0.348. The van der Waals surface area contributed by atoms with Gasteiger partial charge in [0.2, 0.25) is 0 Å². The van der Waals surface area contributed by atoms with Crippen LogP contribution in [0, 0.1) is 0 Å². The highest BCUT2D eigenvalue weighted by Crippen LogP contribution is 2.40. The molecule has 4 rings (SSSR count). The SMILES string of the molecule is CC(=O)CCN1CCC(=C2c3ccccc3COc3ccccc32)CC1. The van der Waals surface area contributed by atoms with Crippen LogP contribution in [0.4, 0.5) is 0 Å². The van der Waals surface area contributed by atoms with Crippen LogP contribution in [0.5, 0.6) is 5.75 Å². The molecular formula is C23H25NO2. The van der Waals surface area contributed by atoms with Gasteiger partial charge in [0.25, 0.3) is 0 Å². The Bertz CT molecular complexity index is 793. The van der Waals surface area contributed by atoms with Crippen LogP contribution >= 0.6 is 0 Å². The smallest absolute Gasteiger partial charge is 0.131 e. The predicted molar refractivity (Wildman–Crippen MR) is 104 cm³/mol. The minimum atomic E-state index is 0.276. The Balaban J connectivity index is 1.69. The largest absolute Gasteiger partial charge is 0.488 e. The molecule has 134 valence electrons. The molecular weight excluding hydrogens is 322 g/mol. The molecule has 1 fully saturated rings. The average molecular weight is 347 g/mol. The van der Waals surface area contributed by atoms with Crippen LogP contribution in [0.2, 0.25) is 0 Å². The number of ether oxygens (including phenoxy) is 1. The van der Waals surface area contributed by atoms with E-state index in [4.69, 9.17) is 4.74 Å². The minimum Gasteiger partial charge on any atom is -0.488 e. The zero-order valence-electron chi connectivity index (χ0n) is 15.3. The lowest BCUT2D eigenvalue weighted by molar-refractivity contribution is -0.117. The maximum absolute atomic E-state index is 11.3. The summed E-state index contributed by atoms with van der Waals surface area (Å²) in [6.45, 7) is 5.23. The van der Waals surface area contributed by atoms with E-state index in [1.54, 1.807) is 6.92 Å². The van der Waals surface area contributed by atoms with Crippen molar-refractivity contribution in [2.45, 2.75) is 32.8 Å². The number of fused-ring (bicyclic) bond motifs is 2. The number of para-hydroxylation sites is 1. The summed E-state index contributed by atoms with van der Waals surface area (Å²) in [6.07, 6.45) is 2.76. The summed E-state index contributed by atoms with van der Waals surface area (Å²) in [6, 6.07) is 17.0. The van der Waals surface area contributed by atoms with Gasteiger partial charge >= 0.3 is 0 Å². The molecule has 26 heavy (non-hydrogen) atoms. The highest BCUT2D eigenvalue weighted by atomic mass is 16.5. The second-order valence-corrected chi connectivity index (χ2v) is 7.21. The Labute approximate surface area is 155 Å². The molecule has 0 spiro atoms. The third-order valence-corrected chi connectivity index (χ3v) is 5.42. The van der Waals surface area contributed by atoms with E-state index in [0.717, 1.165) is 38.2 Å². The Morgan fingerprint density at radius 3 is 2.46 bits per heavy atom. The van der Waals surface area contributed by atoms with E-state index in [9.17, 15) is 4.79 Å². The van der Waals surface area contributed by atoms with Crippen LogP contribution in [0.3, 0.4) is 0 Å². The van der Waals surface area contributed by atoms with Gasteiger partial charge in [-0.1, -0.05) is 48.0 Å². The standard InChI is InChI=1S/C23H25NO2/c1-17(25)10-13-24-14-11-18(12-15-24)23-20-7-3-2-6-19(20)16-26-22-9-5-4-8-21(22)23/h2-9H,10-16H2,1H3. The summed E-state index contributed by atoms with van der Waals surface area (Å²) in [7, 11) is 0. The topological polar surface area (TPSA) is 29.5 Å². The zero-order chi connectivity index (χ0) is 17.9. The number of hydrogen-bond acceptors (Lipinski definition) is 3. The molecule has 0 N–H and O–H groups in total. The van der Waals surface area contributed by atoms with Gasteiger partial charge in [-0.3, -0.25) is 4.79 Å². The lowest BCUT2D eigenvalue weighted by Gasteiger charge is -2.30.